The normalized spacial score (nSPS) is 11.4. The fourth-order valence-corrected chi connectivity index (χ4v) is 5.72. The molecule has 11 nitrogen and oxygen atoms in total. The molecule has 6 aromatic heterocycles. The number of pyridine rings is 4. The van der Waals surface area contributed by atoms with Crippen LogP contribution >= 0.6 is 23.2 Å². The van der Waals surface area contributed by atoms with Gasteiger partial charge in [-0.15, -0.1) is 0 Å². The number of halogens is 4. The van der Waals surface area contributed by atoms with E-state index < -0.39 is 6.43 Å². The number of aromatic nitrogens is 8. The highest BCUT2D eigenvalue weighted by atomic mass is 35.5. The molecule has 49 heavy (non-hydrogen) atoms. The average Bonchev–Trinajstić information content (AvgIpc) is 3.66. The van der Waals surface area contributed by atoms with Crippen LogP contribution in [0.1, 0.15) is 76.2 Å². The van der Waals surface area contributed by atoms with Crippen molar-refractivity contribution in [3.05, 3.63) is 70.2 Å². The summed E-state index contributed by atoms with van der Waals surface area (Å²) in [6.07, 6.45) is 1.20. The maximum absolute atomic E-state index is 13.4. The van der Waals surface area contributed by atoms with Crippen LogP contribution in [0.5, 0.6) is 11.8 Å². The Labute approximate surface area is 291 Å². The number of aldehydes is 1. The maximum Gasteiger partial charge on any atom is 0.284 e. The lowest BCUT2D eigenvalue weighted by Crippen LogP contribution is -2.03. The zero-order chi connectivity index (χ0) is 35.4. The molecule has 256 valence electrons. The van der Waals surface area contributed by atoms with E-state index in [-0.39, 0.29) is 29.0 Å². The molecule has 6 aromatic rings. The highest BCUT2D eigenvalue weighted by molar-refractivity contribution is 6.36. The van der Waals surface area contributed by atoms with Crippen LogP contribution in [-0.4, -0.2) is 59.0 Å². The molecular formula is C34H34Cl2F2N8O3. The van der Waals surface area contributed by atoms with Crippen LogP contribution in [0.4, 0.5) is 8.78 Å². The predicted molar refractivity (Wildman–Crippen MR) is 185 cm³/mol. The minimum absolute atomic E-state index is 0.0590. The van der Waals surface area contributed by atoms with Gasteiger partial charge in [0, 0.05) is 24.5 Å². The molecule has 6 rings (SSSR count). The number of hydrogen-bond donors (Lipinski definition) is 0. The zero-order valence-corrected chi connectivity index (χ0v) is 29.2. The van der Waals surface area contributed by atoms with E-state index in [4.69, 9.17) is 32.7 Å². The minimum atomic E-state index is -2.75. The average molecular weight is 712 g/mol. The third kappa shape index (κ3) is 7.18. The number of nitrogens with zero attached hydrogens (tertiary/aromatic N) is 8. The van der Waals surface area contributed by atoms with E-state index >= 15 is 0 Å². The second-order valence-electron chi connectivity index (χ2n) is 11.2. The topological polar surface area (TPSA) is 123 Å². The maximum atomic E-state index is 13.4. The second-order valence-corrected chi connectivity index (χ2v) is 12.0. The van der Waals surface area contributed by atoms with Gasteiger partial charge in [0.2, 0.25) is 11.8 Å². The number of carbonyl (C=O) groups is 1. The van der Waals surface area contributed by atoms with Crippen molar-refractivity contribution in [2.24, 2.45) is 0 Å². The van der Waals surface area contributed by atoms with E-state index in [1.807, 2.05) is 47.6 Å². The van der Waals surface area contributed by atoms with E-state index in [1.165, 1.54) is 4.68 Å². The molecule has 6 heterocycles. The minimum Gasteiger partial charge on any atom is -0.477 e. The van der Waals surface area contributed by atoms with Crippen molar-refractivity contribution < 1.29 is 23.0 Å². The molecule has 0 unspecified atom stereocenters. The summed E-state index contributed by atoms with van der Waals surface area (Å²) < 4.78 is 41.1. The van der Waals surface area contributed by atoms with Gasteiger partial charge >= 0.3 is 0 Å². The first-order chi connectivity index (χ1) is 23.5. The molecule has 0 atom stereocenters. The van der Waals surface area contributed by atoms with Crippen LogP contribution in [0.15, 0.2) is 48.8 Å². The summed E-state index contributed by atoms with van der Waals surface area (Å²) in [5.74, 6) is 0.856. The molecular weight excluding hydrogens is 677 g/mol. The number of alkyl halides is 2. The van der Waals surface area contributed by atoms with Gasteiger partial charge in [0.1, 0.15) is 22.1 Å². The van der Waals surface area contributed by atoms with E-state index in [9.17, 15) is 13.6 Å². The molecule has 0 aliphatic carbocycles. The van der Waals surface area contributed by atoms with Crippen LogP contribution in [0.3, 0.4) is 0 Å². The first kappa shape index (κ1) is 35.6. The Morgan fingerprint density at radius 2 is 1.24 bits per heavy atom. The van der Waals surface area contributed by atoms with E-state index in [0.29, 0.717) is 74.8 Å². The van der Waals surface area contributed by atoms with Gasteiger partial charge in [-0.25, -0.2) is 28.7 Å². The van der Waals surface area contributed by atoms with Crippen molar-refractivity contribution in [1.29, 1.82) is 0 Å². The van der Waals surface area contributed by atoms with Gasteiger partial charge in [-0.2, -0.15) is 10.2 Å². The highest BCUT2D eigenvalue weighted by Crippen LogP contribution is 2.37. The van der Waals surface area contributed by atoms with Crippen molar-refractivity contribution in [3.63, 3.8) is 0 Å². The fourth-order valence-electron chi connectivity index (χ4n) is 5.16. The Morgan fingerprint density at radius 3 is 1.69 bits per heavy atom. The first-order valence-electron chi connectivity index (χ1n) is 15.6. The van der Waals surface area contributed by atoms with E-state index in [1.54, 1.807) is 47.4 Å². The smallest absolute Gasteiger partial charge is 0.284 e. The molecule has 0 radical (unpaired) electrons. The van der Waals surface area contributed by atoms with Crippen molar-refractivity contribution in [1.82, 2.24) is 39.5 Å². The first-order valence-corrected chi connectivity index (χ1v) is 16.3. The molecule has 0 saturated heterocycles. The van der Waals surface area contributed by atoms with Crippen molar-refractivity contribution in [3.8, 4) is 34.3 Å². The third-order valence-electron chi connectivity index (χ3n) is 7.22. The van der Waals surface area contributed by atoms with Crippen LogP contribution in [-0.2, 0) is 0 Å². The van der Waals surface area contributed by atoms with Gasteiger partial charge in [0.25, 0.3) is 6.43 Å². The lowest BCUT2D eigenvalue weighted by Gasteiger charge is -2.11. The summed E-state index contributed by atoms with van der Waals surface area (Å²) in [6.45, 7) is 12.3. The Bertz CT molecular complexity index is 2120. The van der Waals surface area contributed by atoms with Crippen LogP contribution in [0.2, 0.25) is 10.0 Å². The van der Waals surface area contributed by atoms with Crippen molar-refractivity contribution in [2.45, 2.75) is 60.1 Å². The van der Waals surface area contributed by atoms with E-state index in [0.717, 1.165) is 5.56 Å². The number of fused-ring (bicyclic) bond motifs is 2. The summed E-state index contributed by atoms with van der Waals surface area (Å²) in [6, 6.07) is 10.4. The van der Waals surface area contributed by atoms with E-state index in [2.05, 4.69) is 30.1 Å². The standard InChI is InChI=1S/C17H17ClF2N4O.C17H17ClN4O2/c1-4-25-17-10(6-5-7-21-17)12-8-11(18)15-13(22-12)14(16(19)20)23-24(15)9(2)3;1-4-24-17-11(6-5-7-19-17)13-8-12(18)16-15(20-13)14(9-23)21-22(16)10(2)3/h5-9,16H,4H2,1-3H3;5-10H,4H2,1-3H3. The Hall–Kier alpha value is -4.75. The molecule has 0 amide bonds. The molecule has 0 N–H and O–H groups in total. The summed E-state index contributed by atoms with van der Waals surface area (Å²) in [4.78, 5) is 28.8. The monoisotopic (exact) mass is 710 g/mol. The van der Waals surface area contributed by atoms with Crippen LogP contribution in [0, 0.1) is 0 Å². The Morgan fingerprint density at radius 1 is 0.776 bits per heavy atom. The summed E-state index contributed by atoms with van der Waals surface area (Å²) >= 11 is 12.9. The number of rotatable bonds is 10. The molecule has 0 bridgehead atoms. The Balaban J connectivity index is 0.000000191. The van der Waals surface area contributed by atoms with Crippen molar-refractivity contribution >= 4 is 51.6 Å². The van der Waals surface area contributed by atoms with Gasteiger partial charge in [-0.1, -0.05) is 23.2 Å². The number of hydrogen-bond acceptors (Lipinski definition) is 9. The molecule has 0 aromatic carbocycles. The van der Waals surface area contributed by atoms with Crippen LogP contribution in [0.25, 0.3) is 44.6 Å². The van der Waals surface area contributed by atoms with Gasteiger partial charge in [0.05, 0.1) is 45.8 Å². The summed E-state index contributed by atoms with van der Waals surface area (Å²) in [5.41, 5.74) is 3.83. The quantitative estimate of drug-likeness (QED) is 0.128. The highest BCUT2D eigenvalue weighted by Gasteiger charge is 2.25. The Kier molecular flexibility index (Phi) is 11.0. The molecule has 0 aliphatic rings. The second kappa shape index (κ2) is 15.2. The SMILES string of the molecule is CCOc1ncccc1-c1cc(Cl)c2c(n1)c(C(F)F)nn2C(C)C.CCOc1ncccc1-c1cc(Cl)c2c(n1)c(C=O)nn2C(C)C. The van der Waals surface area contributed by atoms with Gasteiger partial charge in [-0.3, -0.25) is 14.2 Å². The molecule has 0 fully saturated rings. The largest absolute Gasteiger partial charge is 0.477 e. The van der Waals surface area contributed by atoms with Crippen molar-refractivity contribution in [2.75, 3.05) is 13.2 Å². The number of ether oxygens (including phenoxy) is 2. The third-order valence-corrected chi connectivity index (χ3v) is 7.80. The zero-order valence-electron chi connectivity index (χ0n) is 27.7. The fraction of sp³-hybridized carbons (Fsp3) is 0.324. The lowest BCUT2D eigenvalue weighted by molar-refractivity contribution is 0.111. The van der Waals surface area contributed by atoms with Gasteiger partial charge < -0.3 is 9.47 Å². The molecule has 0 saturated carbocycles. The predicted octanol–water partition coefficient (Wildman–Crippen LogP) is 9.00. The summed E-state index contributed by atoms with van der Waals surface area (Å²) in [5, 5.41) is 9.12. The molecule has 15 heteroatoms. The molecule has 0 aliphatic heterocycles. The van der Waals surface area contributed by atoms with Crippen LogP contribution < -0.4 is 9.47 Å². The van der Waals surface area contributed by atoms with Gasteiger partial charge in [-0.05, 0) is 77.9 Å². The summed E-state index contributed by atoms with van der Waals surface area (Å²) in [7, 11) is 0. The molecule has 0 spiro atoms. The lowest BCUT2D eigenvalue weighted by atomic mass is 10.1. The van der Waals surface area contributed by atoms with Gasteiger partial charge in [0.15, 0.2) is 17.7 Å². The number of carbonyl (C=O) groups excluding carboxylic acids is 1.